The van der Waals surface area contributed by atoms with Gasteiger partial charge in [-0.05, 0) is 18.6 Å². The molecule has 0 fully saturated rings. The highest BCUT2D eigenvalue weighted by Gasteiger charge is 2.03. The summed E-state index contributed by atoms with van der Waals surface area (Å²) in [4.78, 5) is 4.01. The van der Waals surface area contributed by atoms with Gasteiger partial charge in [-0.1, -0.05) is 24.3 Å². The van der Waals surface area contributed by atoms with Crippen molar-refractivity contribution in [2.24, 2.45) is 4.99 Å². The number of methoxy groups -OCH3 is 1. The summed E-state index contributed by atoms with van der Waals surface area (Å²) in [5.74, 6) is 0.875. The molecule has 0 spiro atoms. The van der Waals surface area contributed by atoms with Crippen LogP contribution in [0.5, 0.6) is 5.75 Å². The second-order valence-electron chi connectivity index (χ2n) is 2.83. The molecule has 0 aromatic heterocycles. The first-order chi connectivity index (χ1) is 6.83. The Morgan fingerprint density at radius 1 is 1.36 bits per heavy atom. The molecule has 0 aliphatic heterocycles. The molecule has 74 valence electrons. The Kier molecular flexibility index (Phi) is 3.92. The van der Waals surface area contributed by atoms with Gasteiger partial charge < -0.3 is 4.74 Å². The number of nitrogens with zero attached hydrogens (tertiary/aromatic N) is 1. The van der Waals surface area contributed by atoms with E-state index < -0.39 is 0 Å². The predicted molar refractivity (Wildman–Crippen MR) is 61.1 cm³/mol. The van der Waals surface area contributed by atoms with Gasteiger partial charge in [-0.3, -0.25) is 4.99 Å². The number of rotatable bonds is 3. The molecule has 2 nitrogen and oxygen atoms in total. The summed E-state index contributed by atoms with van der Waals surface area (Å²) >= 11 is 0. The van der Waals surface area contributed by atoms with Gasteiger partial charge in [-0.15, -0.1) is 0 Å². The summed E-state index contributed by atoms with van der Waals surface area (Å²) in [6.45, 7) is 1.99. The third-order valence-electron chi connectivity index (χ3n) is 2.00. The Morgan fingerprint density at radius 3 is 2.64 bits per heavy atom. The smallest absolute Gasteiger partial charge is 0.126 e. The van der Waals surface area contributed by atoms with Crippen molar-refractivity contribution in [1.82, 2.24) is 0 Å². The molecule has 0 bridgehead atoms. The Labute approximate surface area is 84.9 Å². The maximum absolute atomic E-state index is 5.27. The van der Waals surface area contributed by atoms with E-state index in [2.05, 4.69) is 4.99 Å². The van der Waals surface area contributed by atoms with Crippen molar-refractivity contribution in [1.29, 1.82) is 0 Å². The van der Waals surface area contributed by atoms with Crippen LogP contribution in [0.1, 0.15) is 12.5 Å². The van der Waals surface area contributed by atoms with E-state index in [9.17, 15) is 0 Å². The summed E-state index contributed by atoms with van der Waals surface area (Å²) < 4.78 is 5.27. The third-order valence-corrected chi connectivity index (χ3v) is 2.00. The first-order valence-corrected chi connectivity index (χ1v) is 4.55. The lowest BCUT2D eigenvalue weighted by molar-refractivity contribution is 0.413. The van der Waals surface area contributed by atoms with Crippen LogP contribution in [0.25, 0.3) is 5.57 Å². The molecule has 0 radical (unpaired) electrons. The van der Waals surface area contributed by atoms with Gasteiger partial charge in [0.2, 0.25) is 0 Å². The summed E-state index contributed by atoms with van der Waals surface area (Å²) in [6.07, 6.45) is 3.85. The molecule has 0 aliphatic rings. The van der Waals surface area contributed by atoms with E-state index in [-0.39, 0.29) is 0 Å². The third kappa shape index (κ3) is 2.22. The zero-order chi connectivity index (χ0) is 10.4. The standard InChI is InChI=1S/C12H15NO/c1-4-10(9-13-2)11-7-5-6-8-12(11)14-3/h4-9H,1-3H3/b10-4+,13-9-. The van der Waals surface area contributed by atoms with Crippen LogP contribution in [0, 0.1) is 0 Å². The van der Waals surface area contributed by atoms with Gasteiger partial charge in [0.05, 0.1) is 7.11 Å². The normalized spacial score (nSPS) is 12.1. The van der Waals surface area contributed by atoms with Crippen molar-refractivity contribution in [2.45, 2.75) is 6.92 Å². The molecular formula is C12H15NO. The minimum Gasteiger partial charge on any atom is -0.496 e. The Hall–Kier alpha value is -1.57. The molecular weight excluding hydrogens is 174 g/mol. The molecule has 1 aromatic rings. The number of aliphatic imine (C=N–C) groups is 1. The van der Waals surface area contributed by atoms with Gasteiger partial charge in [0, 0.05) is 18.8 Å². The van der Waals surface area contributed by atoms with Gasteiger partial charge in [0.1, 0.15) is 5.75 Å². The van der Waals surface area contributed by atoms with E-state index in [4.69, 9.17) is 4.74 Å². The Morgan fingerprint density at radius 2 is 2.07 bits per heavy atom. The van der Waals surface area contributed by atoms with Crippen LogP contribution in [0.2, 0.25) is 0 Å². The van der Waals surface area contributed by atoms with Crippen LogP contribution in [0.4, 0.5) is 0 Å². The van der Waals surface area contributed by atoms with Crippen LogP contribution in [0.15, 0.2) is 35.3 Å². The second-order valence-corrected chi connectivity index (χ2v) is 2.83. The van der Waals surface area contributed by atoms with E-state index in [0.717, 1.165) is 16.9 Å². The fourth-order valence-corrected chi connectivity index (χ4v) is 1.32. The van der Waals surface area contributed by atoms with Crippen LogP contribution >= 0.6 is 0 Å². The Balaban J connectivity index is 3.16. The number of hydrogen-bond donors (Lipinski definition) is 0. The quantitative estimate of drug-likeness (QED) is 0.670. The van der Waals surface area contributed by atoms with E-state index in [0.29, 0.717) is 0 Å². The minimum atomic E-state index is 0.875. The van der Waals surface area contributed by atoms with Crippen molar-refractivity contribution in [2.75, 3.05) is 14.2 Å². The van der Waals surface area contributed by atoms with E-state index >= 15 is 0 Å². The molecule has 0 N–H and O–H groups in total. The van der Waals surface area contributed by atoms with Crippen LogP contribution in [-0.4, -0.2) is 20.4 Å². The zero-order valence-electron chi connectivity index (χ0n) is 8.82. The first kappa shape index (κ1) is 10.5. The number of allylic oxidation sites excluding steroid dienone is 2. The second kappa shape index (κ2) is 5.22. The number of hydrogen-bond acceptors (Lipinski definition) is 2. The molecule has 2 heteroatoms. The maximum atomic E-state index is 5.27. The highest BCUT2D eigenvalue weighted by Crippen LogP contribution is 2.24. The average molecular weight is 189 g/mol. The SMILES string of the molecule is C/C=C(\C=N/C)c1ccccc1OC. The number of benzene rings is 1. The summed E-state index contributed by atoms with van der Waals surface area (Å²) in [5, 5.41) is 0. The predicted octanol–water partition coefficient (Wildman–Crippen LogP) is 2.80. The fraction of sp³-hybridized carbons (Fsp3) is 0.250. The van der Waals surface area contributed by atoms with Gasteiger partial charge in [0.25, 0.3) is 0 Å². The van der Waals surface area contributed by atoms with E-state index in [1.165, 1.54) is 0 Å². The topological polar surface area (TPSA) is 21.6 Å². The molecule has 1 aromatic carbocycles. The van der Waals surface area contributed by atoms with Crippen molar-refractivity contribution >= 4 is 11.8 Å². The highest BCUT2D eigenvalue weighted by molar-refractivity contribution is 6.10. The lowest BCUT2D eigenvalue weighted by Gasteiger charge is -2.07. The first-order valence-electron chi connectivity index (χ1n) is 4.55. The molecule has 14 heavy (non-hydrogen) atoms. The molecule has 1 rings (SSSR count). The summed E-state index contributed by atoms with van der Waals surface area (Å²) in [6, 6.07) is 7.92. The largest absolute Gasteiger partial charge is 0.496 e. The van der Waals surface area contributed by atoms with E-state index in [1.54, 1.807) is 14.2 Å². The molecule has 0 heterocycles. The van der Waals surface area contributed by atoms with Crippen molar-refractivity contribution < 1.29 is 4.74 Å². The van der Waals surface area contributed by atoms with Gasteiger partial charge in [-0.25, -0.2) is 0 Å². The molecule has 0 aliphatic carbocycles. The monoisotopic (exact) mass is 189 g/mol. The molecule has 0 saturated carbocycles. The maximum Gasteiger partial charge on any atom is 0.126 e. The van der Waals surface area contributed by atoms with Crippen molar-refractivity contribution in [3.63, 3.8) is 0 Å². The molecule has 0 atom stereocenters. The molecule has 0 saturated heterocycles. The lowest BCUT2D eigenvalue weighted by Crippen LogP contribution is -1.92. The van der Waals surface area contributed by atoms with Crippen molar-refractivity contribution in [3.05, 3.63) is 35.9 Å². The minimum absolute atomic E-state index is 0.875. The van der Waals surface area contributed by atoms with Crippen molar-refractivity contribution in [3.8, 4) is 5.75 Å². The van der Waals surface area contributed by atoms with E-state index in [1.807, 2.05) is 43.5 Å². The number of ether oxygens (including phenoxy) is 1. The lowest BCUT2D eigenvalue weighted by atomic mass is 10.1. The van der Waals surface area contributed by atoms with Gasteiger partial charge in [0.15, 0.2) is 0 Å². The van der Waals surface area contributed by atoms with Gasteiger partial charge >= 0.3 is 0 Å². The van der Waals surface area contributed by atoms with Crippen LogP contribution in [-0.2, 0) is 0 Å². The molecule has 0 unspecified atom stereocenters. The van der Waals surface area contributed by atoms with Gasteiger partial charge in [-0.2, -0.15) is 0 Å². The number of para-hydroxylation sites is 1. The summed E-state index contributed by atoms with van der Waals surface area (Å²) in [7, 11) is 3.44. The molecule has 0 amide bonds. The highest BCUT2D eigenvalue weighted by atomic mass is 16.5. The summed E-state index contributed by atoms with van der Waals surface area (Å²) in [5.41, 5.74) is 2.15. The van der Waals surface area contributed by atoms with Crippen LogP contribution in [0.3, 0.4) is 0 Å². The average Bonchev–Trinajstić information content (AvgIpc) is 2.26. The van der Waals surface area contributed by atoms with Crippen LogP contribution < -0.4 is 4.74 Å². The Bertz CT molecular complexity index is 353. The zero-order valence-corrected chi connectivity index (χ0v) is 8.82. The fourth-order valence-electron chi connectivity index (χ4n) is 1.32.